The summed E-state index contributed by atoms with van der Waals surface area (Å²) in [6.45, 7) is 1.80. The molecule has 1 aromatic heterocycles. The topological polar surface area (TPSA) is 69.4 Å². The average Bonchev–Trinajstić information content (AvgIpc) is 1.92. The molecule has 0 saturated carbocycles. The predicted octanol–water partition coefficient (Wildman–Crippen LogP) is 2.24. The summed E-state index contributed by atoms with van der Waals surface area (Å²) < 4.78 is 9.10. The first kappa shape index (κ1) is 6.90. The van der Waals surface area contributed by atoms with Gasteiger partial charge in [0, 0.05) is 11.6 Å². The molecule has 0 fully saturated rings. The predicted molar refractivity (Wildman–Crippen MR) is 39.9 cm³/mol. The van der Waals surface area contributed by atoms with E-state index in [0.29, 0.717) is 5.58 Å². The normalized spacial score (nSPS) is 10.8. The van der Waals surface area contributed by atoms with Crippen LogP contribution >= 0.6 is 0 Å². The lowest BCUT2D eigenvalue weighted by Crippen LogP contribution is -1.92. The van der Waals surface area contributed by atoms with Gasteiger partial charge in [0.25, 0.3) is 0 Å². The second-order valence-electron chi connectivity index (χ2n) is 2.48. The van der Waals surface area contributed by atoms with Crippen LogP contribution in [-0.2, 0) is 0 Å². The van der Waals surface area contributed by atoms with E-state index in [1.54, 1.807) is 13.0 Å². The van der Waals surface area contributed by atoms with Crippen LogP contribution < -0.4 is 0 Å². The highest BCUT2D eigenvalue weighted by Gasteiger charge is 2.21. The minimum atomic E-state index is -0.499. The van der Waals surface area contributed by atoms with Crippen molar-refractivity contribution in [2.45, 2.75) is 6.92 Å². The minimum absolute atomic E-state index is 0.0538. The van der Waals surface area contributed by atoms with Gasteiger partial charge in [0.15, 0.2) is 0 Å². The Morgan fingerprint density at radius 3 is 2.50 bits per heavy atom. The summed E-state index contributed by atoms with van der Waals surface area (Å²) in [6.07, 6.45) is 0. The largest absolute Gasteiger partial charge is 0.320 e. The number of benzene rings is 1. The third-order valence-electron chi connectivity index (χ3n) is 1.69. The lowest BCUT2D eigenvalue weighted by Gasteiger charge is -2.00. The smallest absolute Gasteiger partial charge is 0.285 e. The van der Waals surface area contributed by atoms with Crippen molar-refractivity contribution in [2.24, 2.45) is 0 Å². The monoisotopic (exact) mass is 167 g/mol. The molecule has 5 nitrogen and oxygen atoms in total. The lowest BCUT2D eigenvalue weighted by atomic mass is 10.2. The van der Waals surface area contributed by atoms with Gasteiger partial charge in [-0.05, 0) is 13.0 Å². The Labute approximate surface area is 66.6 Å². The maximum atomic E-state index is 10.4. The van der Waals surface area contributed by atoms with Crippen molar-refractivity contribution in [3.63, 3.8) is 0 Å². The van der Waals surface area contributed by atoms with Crippen LogP contribution in [0.5, 0.6) is 0 Å². The number of nitro groups is 1. The number of hydrogen-bond donors (Lipinski definition) is 0. The van der Waals surface area contributed by atoms with E-state index in [1.165, 1.54) is 6.07 Å². The lowest BCUT2D eigenvalue weighted by molar-refractivity contribution is -0.384. The molecule has 62 valence electrons. The van der Waals surface area contributed by atoms with Crippen molar-refractivity contribution >= 4 is 16.9 Å². The molecular formula is C7H5NO4. The molecule has 0 N–H and O–H groups in total. The van der Waals surface area contributed by atoms with E-state index in [1.807, 2.05) is 0 Å². The number of hydrogen-bond acceptors (Lipinski definition) is 4. The van der Waals surface area contributed by atoms with E-state index in [0.717, 1.165) is 5.56 Å². The number of aryl methyl sites for hydroxylation is 1. The van der Waals surface area contributed by atoms with Crippen molar-refractivity contribution in [3.05, 3.63) is 27.8 Å². The Bertz CT molecular complexity index is 439. The quantitative estimate of drug-likeness (QED) is 0.371. The first-order valence-electron chi connectivity index (χ1n) is 3.32. The van der Waals surface area contributed by atoms with Crippen LogP contribution in [0.3, 0.4) is 0 Å². The zero-order chi connectivity index (χ0) is 8.72. The summed E-state index contributed by atoms with van der Waals surface area (Å²) in [6, 6.07) is 3.02. The molecule has 1 aromatic carbocycles. The van der Waals surface area contributed by atoms with Crippen molar-refractivity contribution < 1.29 is 14.1 Å². The molecule has 2 aromatic rings. The van der Waals surface area contributed by atoms with Crippen LogP contribution in [0.15, 0.2) is 21.3 Å². The van der Waals surface area contributed by atoms with Gasteiger partial charge in [-0.1, -0.05) is 0 Å². The zero-order valence-corrected chi connectivity index (χ0v) is 6.23. The Hall–Kier alpha value is -1.78. The Balaban J connectivity index is 2.74. The molecule has 5 heteroatoms. The van der Waals surface area contributed by atoms with Crippen LogP contribution in [0.25, 0.3) is 11.2 Å². The summed E-state index contributed by atoms with van der Waals surface area (Å²) in [5, 5.41) is 10.4. The fourth-order valence-electron chi connectivity index (χ4n) is 1.03. The molecule has 12 heavy (non-hydrogen) atoms. The molecule has 0 aliphatic carbocycles. The van der Waals surface area contributed by atoms with Crippen LogP contribution in [-0.4, -0.2) is 4.92 Å². The van der Waals surface area contributed by atoms with Crippen molar-refractivity contribution in [3.8, 4) is 0 Å². The Kier molecular flexibility index (Phi) is 1.21. The van der Waals surface area contributed by atoms with Crippen LogP contribution in [0.2, 0.25) is 0 Å². The highest BCUT2D eigenvalue weighted by atomic mass is 17.0. The standard InChI is InChI=1S/C7H5NO4/c1-4-2-3-5(8(9)10)7-6(4)11-12-7/h2-3H,1H3. The average molecular weight is 167 g/mol. The first-order chi connectivity index (χ1) is 5.70. The van der Waals surface area contributed by atoms with Gasteiger partial charge in [-0.2, -0.15) is 0 Å². The van der Waals surface area contributed by atoms with Gasteiger partial charge in [0.2, 0.25) is 5.58 Å². The summed E-state index contributed by atoms with van der Waals surface area (Å²) in [5.41, 5.74) is 1.47. The molecular weight excluding hydrogens is 162 g/mol. The molecule has 0 aliphatic heterocycles. The Morgan fingerprint density at radius 2 is 2.00 bits per heavy atom. The van der Waals surface area contributed by atoms with Crippen molar-refractivity contribution in [2.75, 3.05) is 0 Å². The van der Waals surface area contributed by atoms with Crippen molar-refractivity contribution in [1.82, 2.24) is 0 Å². The third-order valence-corrected chi connectivity index (χ3v) is 1.69. The van der Waals surface area contributed by atoms with E-state index >= 15 is 0 Å². The van der Waals surface area contributed by atoms with Gasteiger partial charge in [0.05, 0.1) is 4.92 Å². The maximum absolute atomic E-state index is 10.4. The number of non-ortho nitro benzene ring substituents is 1. The molecule has 0 bridgehead atoms. The number of nitrogens with zero attached hydrogens (tertiary/aromatic N) is 1. The number of rotatable bonds is 1. The molecule has 2 rings (SSSR count). The minimum Gasteiger partial charge on any atom is -0.285 e. The second-order valence-corrected chi connectivity index (χ2v) is 2.48. The highest BCUT2D eigenvalue weighted by molar-refractivity contribution is 5.83. The molecule has 1 heterocycles. The van der Waals surface area contributed by atoms with E-state index in [4.69, 9.17) is 0 Å². The van der Waals surface area contributed by atoms with Gasteiger partial charge in [-0.25, -0.2) is 0 Å². The molecule has 0 radical (unpaired) electrons. The fraction of sp³-hybridized carbons (Fsp3) is 0.143. The van der Waals surface area contributed by atoms with Gasteiger partial charge in [-0.15, -0.1) is 0 Å². The number of nitro benzene ring substituents is 1. The van der Waals surface area contributed by atoms with E-state index < -0.39 is 4.92 Å². The van der Waals surface area contributed by atoms with E-state index in [-0.39, 0.29) is 11.3 Å². The third kappa shape index (κ3) is 0.730. The second kappa shape index (κ2) is 2.10. The fourth-order valence-corrected chi connectivity index (χ4v) is 1.03. The molecule has 0 spiro atoms. The highest BCUT2D eigenvalue weighted by Crippen LogP contribution is 2.30. The first-order valence-corrected chi connectivity index (χ1v) is 3.32. The molecule has 0 unspecified atom stereocenters. The van der Waals surface area contributed by atoms with Gasteiger partial charge >= 0.3 is 11.3 Å². The molecule has 0 aliphatic rings. The molecule has 0 amide bonds. The van der Waals surface area contributed by atoms with Crippen LogP contribution in [0, 0.1) is 17.0 Å². The maximum Gasteiger partial charge on any atom is 0.320 e. The summed E-state index contributed by atoms with van der Waals surface area (Å²) in [5.74, 6) is 0. The van der Waals surface area contributed by atoms with Crippen LogP contribution in [0.1, 0.15) is 5.56 Å². The van der Waals surface area contributed by atoms with Gasteiger partial charge in [0.1, 0.15) is 0 Å². The summed E-state index contributed by atoms with van der Waals surface area (Å²) >= 11 is 0. The van der Waals surface area contributed by atoms with E-state index in [2.05, 4.69) is 9.15 Å². The van der Waals surface area contributed by atoms with Gasteiger partial charge in [-0.3, -0.25) is 19.3 Å². The Morgan fingerprint density at radius 1 is 1.33 bits per heavy atom. The van der Waals surface area contributed by atoms with Gasteiger partial charge < -0.3 is 0 Å². The SMILES string of the molecule is Cc1ccc([N+](=O)[O-])c2ooc12. The zero-order valence-electron chi connectivity index (χ0n) is 6.23. The van der Waals surface area contributed by atoms with Crippen LogP contribution in [0.4, 0.5) is 5.69 Å². The van der Waals surface area contributed by atoms with Crippen molar-refractivity contribution in [1.29, 1.82) is 0 Å². The summed E-state index contributed by atoms with van der Waals surface area (Å²) in [7, 11) is 0. The molecule has 0 saturated heterocycles. The molecule has 0 atom stereocenters. The number of fused-ring (bicyclic) bond motifs is 1. The van der Waals surface area contributed by atoms with E-state index in [9.17, 15) is 10.1 Å². The summed E-state index contributed by atoms with van der Waals surface area (Å²) in [4.78, 5) is 9.89.